The van der Waals surface area contributed by atoms with Crippen molar-refractivity contribution in [3.63, 3.8) is 0 Å². The van der Waals surface area contributed by atoms with Crippen molar-refractivity contribution in [1.29, 1.82) is 0 Å². The number of anilines is 1. The molecule has 160 valence electrons. The number of fused-ring (bicyclic) bond motifs is 1. The molecule has 3 N–H and O–H groups in total. The maximum absolute atomic E-state index is 12.9. The minimum Gasteiger partial charge on any atom is -0.454 e. The second-order valence-electron chi connectivity index (χ2n) is 8.76. The predicted octanol–water partition coefficient (Wildman–Crippen LogP) is 0.651. The number of hydrogen-bond acceptors (Lipinski definition) is 3. The zero-order chi connectivity index (χ0) is 21.3. The summed E-state index contributed by atoms with van der Waals surface area (Å²) < 4.78 is 10.9. The zero-order valence-corrected chi connectivity index (χ0v) is 18.4. The normalized spacial score (nSPS) is 21.3. The molecular weight excluding hydrogens is 378 g/mol. The van der Waals surface area contributed by atoms with Gasteiger partial charge in [-0.3, -0.25) is 4.79 Å². The molecule has 1 saturated heterocycles. The van der Waals surface area contributed by atoms with E-state index in [-0.39, 0.29) is 11.9 Å². The van der Waals surface area contributed by atoms with Crippen LogP contribution in [-0.2, 0) is 11.3 Å². The molecule has 0 aromatic heterocycles. The van der Waals surface area contributed by atoms with Crippen molar-refractivity contribution < 1.29 is 24.1 Å². The van der Waals surface area contributed by atoms with Gasteiger partial charge >= 0.3 is 0 Å². The fraction of sp³-hybridized carbons (Fsp3) is 0.458. The number of quaternary nitrogens is 2. The van der Waals surface area contributed by atoms with E-state index >= 15 is 0 Å². The van der Waals surface area contributed by atoms with Crippen LogP contribution in [0.4, 0.5) is 5.69 Å². The van der Waals surface area contributed by atoms with Gasteiger partial charge in [0.25, 0.3) is 5.91 Å². The Hall–Kier alpha value is -2.57. The molecule has 0 aliphatic carbocycles. The van der Waals surface area contributed by atoms with Crippen molar-refractivity contribution in [3.8, 4) is 11.5 Å². The van der Waals surface area contributed by atoms with Crippen LogP contribution in [0.2, 0.25) is 0 Å². The first-order valence-electron chi connectivity index (χ1n) is 10.9. The molecule has 2 heterocycles. The molecule has 30 heavy (non-hydrogen) atoms. The number of rotatable bonds is 5. The van der Waals surface area contributed by atoms with E-state index in [0.717, 1.165) is 61.0 Å². The molecule has 2 aliphatic rings. The summed E-state index contributed by atoms with van der Waals surface area (Å²) in [6.07, 6.45) is 0. The lowest BCUT2D eigenvalue weighted by molar-refractivity contribution is -1.02. The Morgan fingerprint density at radius 2 is 1.67 bits per heavy atom. The van der Waals surface area contributed by atoms with Crippen molar-refractivity contribution in [3.05, 3.63) is 52.6 Å². The maximum atomic E-state index is 12.9. The number of benzene rings is 2. The summed E-state index contributed by atoms with van der Waals surface area (Å²) in [5.41, 5.74) is 5.71. The van der Waals surface area contributed by atoms with Crippen LogP contribution < -0.4 is 24.6 Å². The molecule has 2 aromatic carbocycles. The third kappa shape index (κ3) is 4.45. The van der Waals surface area contributed by atoms with Gasteiger partial charge in [-0.2, -0.15) is 0 Å². The zero-order valence-electron chi connectivity index (χ0n) is 18.4. The summed E-state index contributed by atoms with van der Waals surface area (Å²) >= 11 is 0. The highest BCUT2D eigenvalue weighted by atomic mass is 16.7. The van der Waals surface area contributed by atoms with Gasteiger partial charge in [0, 0.05) is 11.3 Å². The average Bonchev–Trinajstić information content (AvgIpc) is 3.18. The first-order chi connectivity index (χ1) is 14.4. The van der Waals surface area contributed by atoms with Gasteiger partial charge in [-0.1, -0.05) is 17.7 Å². The number of carbonyl (C=O) groups is 1. The molecule has 1 amide bonds. The third-order valence-corrected chi connectivity index (χ3v) is 6.42. The Kier molecular flexibility index (Phi) is 5.97. The van der Waals surface area contributed by atoms with Crippen LogP contribution in [0.15, 0.2) is 30.3 Å². The lowest BCUT2D eigenvalue weighted by atomic mass is 10.0. The van der Waals surface area contributed by atoms with Crippen molar-refractivity contribution >= 4 is 11.6 Å². The van der Waals surface area contributed by atoms with E-state index in [0.29, 0.717) is 6.79 Å². The SMILES string of the molecule is Cc1cc(C)c(NC(=O)[C@H](C)[NH+]2CC[NH+](Cc3ccc4c(c3)OCO4)CC2)c(C)c1. The summed E-state index contributed by atoms with van der Waals surface area (Å²) in [6.45, 7) is 13.7. The Morgan fingerprint density at radius 3 is 2.37 bits per heavy atom. The summed E-state index contributed by atoms with van der Waals surface area (Å²) in [5.74, 6) is 1.80. The highest BCUT2D eigenvalue weighted by molar-refractivity contribution is 5.95. The minimum atomic E-state index is -0.0582. The first kappa shape index (κ1) is 20.7. The van der Waals surface area contributed by atoms with E-state index in [9.17, 15) is 4.79 Å². The molecule has 0 spiro atoms. The number of aryl methyl sites for hydroxylation is 3. The largest absolute Gasteiger partial charge is 0.454 e. The van der Waals surface area contributed by atoms with E-state index < -0.39 is 0 Å². The minimum absolute atomic E-state index is 0.0582. The number of carbonyl (C=O) groups excluding carboxylic acids is 1. The number of nitrogens with one attached hydrogen (secondary N) is 3. The smallest absolute Gasteiger partial charge is 0.282 e. The van der Waals surface area contributed by atoms with Gasteiger partial charge < -0.3 is 24.6 Å². The molecule has 1 atom stereocenters. The molecule has 0 radical (unpaired) electrons. The molecule has 4 rings (SSSR count). The Labute approximate surface area is 178 Å². The monoisotopic (exact) mass is 411 g/mol. The number of hydrogen-bond donors (Lipinski definition) is 3. The molecule has 6 nitrogen and oxygen atoms in total. The first-order valence-corrected chi connectivity index (χ1v) is 10.9. The van der Waals surface area contributed by atoms with E-state index in [1.807, 2.05) is 13.0 Å². The van der Waals surface area contributed by atoms with Crippen LogP contribution in [0.25, 0.3) is 0 Å². The second-order valence-corrected chi connectivity index (χ2v) is 8.76. The van der Waals surface area contributed by atoms with E-state index in [1.54, 1.807) is 4.90 Å². The van der Waals surface area contributed by atoms with E-state index in [1.165, 1.54) is 16.0 Å². The highest BCUT2D eigenvalue weighted by Gasteiger charge is 2.31. The van der Waals surface area contributed by atoms with Crippen LogP contribution in [-0.4, -0.2) is 44.9 Å². The topological polar surface area (TPSA) is 56.4 Å². The van der Waals surface area contributed by atoms with Gasteiger partial charge in [0.2, 0.25) is 6.79 Å². The third-order valence-electron chi connectivity index (χ3n) is 6.42. The average molecular weight is 412 g/mol. The van der Waals surface area contributed by atoms with Crippen LogP contribution in [0.3, 0.4) is 0 Å². The summed E-state index contributed by atoms with van der Waals surface area (Å²) in [6, 6.07) is 10.4. The predicted molar refractivity (Wildman–Crippen MR) is 116 cm³/mol. The van der Waals surface area contributed by atoms with Gasteiger partial charge in [-0.15, -0.1) is 0 Å². The van der Waals surface area contributed by atoms with E-state index in [4.69, 9.17) is 9.47 Å². The fourth-order valence-electron chi connectivity index (χ4n) is 4.67. The van der Waals surface area contributed by atoms with Crippen molar-refractivity contribution in [2.75, 3.05) is 38.3 Å². The quantitative estimate of drug-likeness (QED) is 0.677. The van der Waals surface area contributed by atoms with E-state index in [2.05, 4.69) is 50.4 Å². The lowest BCUT2D eigenvalue weighted by Gasteiger charge is -2.32. The summed E-state index contributed by atoms with van der Waals surface area (Å²) in [5, 5.41) is 3.19. The van der Waals surface area contributed by atoms with Gasteiger partial charge in [0.05, 0.1) is 0 Å². The Morgan fingerprint density at radius 1 is 1.00 bits per heavy atom. The van der Waals surface area contributed by atoms with Crippen LogP contribution in [0.1, 0.15) is 29.2 Å². The summed E-state index contributed by atoms with van der Waals surface area (Å²) in [7, 11) is 0. The van der Waals surface area contributed by atoms with Gasteiger partial charge in [0.1, 0.15) is 32.7 Å². The lowest BCUT2D eigenvalue weighted by Crippen LogP contribution is -3.29. The Balaban J connectivity index is 1.31. The van der Waals surface area contributed by atoms with Gasteiger partial charge in [-0.25, -0.2) is 0 Å². The van der Waals surface area contributed by atoms with Crippen LogP contribution in [0.5, 0.6) is 11.5 Å². The van der Waals surface area contributed by atoms with Gasteiger partial charge in [0.15, 0.2) is 17.5 Å². The number of piperazine rings is 1. The molecule has 1 fully saturated rings. The maximum Gasteiger partial charge on any atom is 0.282 e. The van der Waals surface area contributed by atoms with Crippen molar-refractivity contribution in [1.82, 2.24) is 0 Å². The highest BCUT2D eigenvalue weighted by Crippen LogP contribution is 2.32. The molecule has 2 aliphatic heterocycles. The van der Waals surface area contributed by atoms with Crippen molar-refractivity contribution in [2.45, 2.75) is 40.3 Å². The van der Waals surface area contributed by atoms with Gasteiger partial charge in [-0.05, 0) is 57.0 Å². The molecular formula is C24H33N3O3+2. The summed E-state index contributed by atoms with van der Waals surface area (Å²) in [4.78, 5) is 15.8. The fourth-order valence-corrected chi connectivity index (χ4v) is 4.67. The van der Waals surface area contributed by atoms with Crippen molar-refractivity contribution in [2.24, 2.45) is 0 Å². The molecule has 0 unspecified atom stereocenters. The molecule has 2 aromatic rings. The standard InChI is InChI=1S/C24H31N3O3/c1-16-11-17(2)23(18(3)12-16)25-24(28)19(4)27-9-7-26(8-10-27)14-20-5-6-21-22(13-20)30-15-29-21/h5-6,11-13,19H,7-10,14-15H2,1-4H3,(H,25,28)/p+2/t19-/m0/s1. The molecule has 0 bridgehead atoms. The number of amides is 1. The second kappa shape index (κ2) is 8.66. The Bertz CT molecular complexity index is 912. The molecule has 6 heteroatoms. The van der Waals surface area contributed by atoms with Crippen LogP contribution in [0, 0.1) is 20.8 Å². The number of ether oxygens (including phenoxy) is 2. The molecule has 0 saturated carbocycles. The van der Waals surface area contributed by atoms with Crippen LogP contribution >= 0.6 is 0 Å².